The summed E-state index contributed by atoms with van der Waals surface area (Å²) in [7, 11) is 0. The fourth-order valence-electron chi connectivity index (χ4n) is 4.23. The number of carbonyl (C=O) groups is 2. The first-order valence-electron chi connectivity index (χ1n) is 9.47. The second-order valence-corrected chi connectivity index (χ2v) is 7.33. The van der Waals surface area contributed by atoms with Crippen LogP contribution in [0.25, 0.3) is 0 Å². The summed E-state index contributed by atoms with van der Waals surface area (Å²) < 4.78 is 0. The Hall–Kier alpha value is -2.73. The van der Waals surface area contributed by atoms with Gasteiger partial charge in [0.25, 0.3) is 5.91 Å². The third kappa shape index (κ3) is 3.45. The first-order chi connectivity index (χ1) is 13.2. The van der Waals surface area contributed by atoms with Crippen molar-refractivity contribution in [3.63, 3.8) is 0 Å². The number of hydrogen-bond donors (Lipinski definition) is 2. The molecular weight excluding hydrogens is 340 g/mol. The topological polar surface area (TPSA) is 74.3 Å². The number of urea groups is 1. The van der Waals surface area contributed by atoms with Gasteiger partial charge in [-0.1, -0.05) is 30.3 Å². The molecule has 4 rings (SSSR count). The number of piperidine rings is 1. The SMILES string of the molecule is O=C1NC(Cc2ccccc2)(C2CCNCC2)C(=O)N1Cc1ccncc1. The Labute approximate surface area is 159 Å². The van der Waals surface area contributed by atoms with E-state index in [4.69, 9.17) is 0 Å². The molecular formula is C21H24N4O2. The van der Waals surface area contributed by atoms with Crippen molar-refractivity contribution in [2.75, 3.05) is 13.1 Å². The molecule has 1 aromatic carbocycles. The Bertz CT molecular complexity index is 805. The average Bonchev–Trinajstić information content (AvgIpc) is 2.95. The Morgan fingerprint density at radius 2 is 1.70 bits per heavy atom. The first kappa shape index (κ1) is 17.7. The largest absolute Gasteiger partial charge is 0.325 e. The van der Waals surface area contributed by atoms with E-state index < -0.39 is 5.54 Å². The molecule has 6 heteroatoms. The van der Waals surface area contributed by atoms with Gasteiger partial charge in [0, 0.05) is 18.8 Å². The van der Waals surface area contributed by atoms with Crippen molar-refractivity contribution in [2.45, 2.75) is 31.3 Å². The number of aromatic nitrogens is 1. The monoisotopic (exact) mass is 364 g/mol. The highest BCUT2D eigenvalue weighted by Gasteiger charge is 2.55. The van der Waals surface area contributed by atoms with Crippen molar-refractivity contribution < 1.29 is 9.59 Å². The maximum Gasteiger partial charge on any atom is 0.325 e. The normalized spacial score (nSPS) is 23.5. The maximum atomic E-state index is 13.6. The number of hydrogen-bond acceptors (Lipinski definition) is 4. The molecule has 2 aromatic rings. The Kier molecular flexibility index (Phi) is 4.90. The van der Waals surface area contributed by atoms with Crippen molar-refractivity contribution in [2.24, 2.45) is 5.92 Å². The highest BCUT2D eigenvalue weighted by atomic mass is 16.2. The minimum Gasteiger partial charge on any atom is -0.322 e. The van der Waals surface area contributed by atoms with Crippen LogP contribution in [0.2, 0.25) is 0 Å². The smallest absolute Gasteiger partial charge is 0.322 e. The lowest BCUT2D eigenvalue weighted by atomic mass is 9.74. The summed E-state index contributed by atoms with van der Waals surface area (Å²) in [4.78, 5) is 31.7. The zero-order valence-electron chi connectivity index (χ0n) is 15.2. The lowest BCUT2D eigenvalue weighted by molar-refractivity contribution is -0.134. The zero-order chi connectivity index (χ0) is 18.7. The Morgan fingerprint density at radius 3 is 2.41 bits per heavy atom. The molecule has 1 atom stereocenters. The van der Waals surface area contributed by atoms with Gasteiger partial charge in [0.1, 0.15) is 5.54 Å². The molecule has 27 heavy (non-hydrogen) atoms. The number of rotatable bonds is 5. The molecule has 3 heterocycles. The second-order valence-electron chi connectivity index (χ2n) is 7.33. The van der Waals surface area contributed by atoms with Crippen LogP contribution >= 0.6 is 0 Å². The summed E-state index contributed by atoms with van der Waals surface area (Å²) >= 11 is 0. The van der Waals surface area contributed by atoms with E-state index in [1.807, 2.05) is 42.5 Å². The average molecular weight is 364 g/mol. The van der Waals surface area contributed by atoms with Crippen LogP contribution in [0.4, 0.5) is 4.79 Å². The molecule has 2 aliphatic rings. The van der Waals surface area contributed by atoms with Gasteiger partial charge in [-0.05, 0) is 55.1 Å². The lowest BCUT2D eigenvalue weighted by Gasteiger charge is -2.38. The second kappa shape index (κ2) is 7.48. The van der Waals surface area contributed by atoms with Gasteiger partial charge in [-0.2, -0.15) is 0 Å². The highest BCUT2D eigenvalue weighted by molar-refractivity contribution is 6.07. The van der Waals surface area contributed by atoms with E-state index in [1.54, 1.807) is 12.4 Å². The van der Waals surface area contributed by atoms with Crippen LogP contribution in [-0.4, -0.2) is 40.5 Å². The number of benzene rings is 1. The summed E-state index contributed by atoms with van der Waals surface area (Å²) in [6.07, 6.45) is 5.63. The van der Waals surface area contributed by atoms with Crippen LogP contribution in [0.5, 0.6) is 0 Å². The maximum absolute atomic E-state index is 13.6. The molecule has 1 unspecified atom stereocenters. The number of nitrogens with one attached hydrogen (secondary N) is 2. The summed E-state index contributed by atoms with van der Waals surface area (Å²) in [5.74, 6) is 0.0120. The molecule has 140 valence electrons. The Balaban J connectivity index is 1.65. The van der Waals surface area contributed by atoms with Crippen LogP contribution < -0.4 is 10.6 Å². The number of imide groups is 1. The van der Waals surface area contributed by atoms with Gasteiger partial charge in [-0.15, -0.1) is 0 Å². The van der Waals surface area contributed by atoms with E-state index >= 15 is 0 Å². The fraction of sp³-hybridized carbons (Fsp3) is 0.381. The zero-order valence-corrected chi connectivity index (χ0v) is 15.2. The molecule has 0 bridgehead atoms. The van der Waals surface area contributed by atoms with Crippen LogP contribution in [0.15, 0.2) is 54.9 Å². The summed E-state index contributed by atoms with van der Waals surface area (Å²) in [5, 5.41) is 6.45. The number of pyridine rings is 1. The van der Waals surface area contributed by atoms with Crippen molar-refractivity contribution in [1.29, 1.82) is 0 Å². The number of carbonyl (C=O) groups excluding carboxylic acids is 2. The van der Waals surface area contributed by atoms with Crippen LogP contribution in [0, 0.1) is 5.92 Å². The molecule has 3 amide bonds. The van der Waals surface area contributed by atoms with E-state index in [2.05, 4.69) is 15.6 Å². The molecule has 6 nitrogen and oxygen atoms in total. The van der Waals surface area contributed by atoms with E-state index in [1.165, 1.54) is 4.90 Å². The Morgan fingerprint density at radius 1 is 1.00 bits per heavy atom. The van der Waals surface area contributed by atoms with Gasteiger partial charge in [-0.25, -0.2) is 4.79 Å². The summed E-state index contributed by atoms with van der Waals surface area (Å²) in [6, 6.07) is 13.3. The standard InChI is InChI=1S/C21H24N4O2/c26-19-21(18-8-12-23-13-9-18,14-16-4-2-1-3-5-16)24-20(27)25(19)15-17-6-10-22-11-7-17/h1-7,10-11,18,23H,8-9,12-15H2,(H,24,27). The van der Waals surface area contributed by atoms with Crippen LogP contribution in [0.1, 0.15) is 24.0 Å². The fourth-order valence-corrected chi connectivity index (χ4v) is 4.23. The van der Waals surface area contributed by atoms with Gasteiger partial charge in [-0.3, -0.25) is 14.7 Å². The van der Waals surface area contributed by atoms with Crippen molar-refractivity contribution in [1.82, 2.24) is 20.5 Å². The number of amides is 3. The third-order valence-corrected chi connectivity index (χ3v) is 5.65. The van der Waals surface area contributed by atoms with Crippen LogP contribution in [-0.2, 0) is 17.8 Å². The molecule has 2 fully saturated rings. The molecule has 2 aliphatic heterocycles. The summed E-state index contributed by atoms with van der Waals surface area (Å²) in [6.45, 7) is 2.01. The molecule has 0 spiro atoms. The van der Waals surface area contributed by atoms with Gasteiger partial charge in [0.2, 0.25) is 0 Å². The molecule has 0 aliphatic carbocycles. The van der Waals surface area contributed by atoms with Gasteiger partial charge >= 0.3 is 6.03 Å². The van der Waals surface area contributed by atoms with E-state index in [0.717, 1.165) is 37.1 Å². The van der Waals surface area contributed by atoms with Gasteiger partial charge in [0.05, 0.1) is 6.54 Å². The quantitative estimate of drug-likeness (QED) is 0.797. The minimum atomic E-state index is -0.867. The molecule has 2 saturated heterocycles. The lowest BCUT2D eigenvalue weighted by Crippen LogP contribution is -2.57. The minimum absolute atomic E-state index is 0.111. The highest BCUT2D eigenvalue weighted by Crippen LogP contribution is 2.35. The van der Waals surface area contributed by atoms with Gasteiger partial charge < -0.3 is 10.6 Å². The van der Waals surface area contributed by atoms with Crippen molar-refractivity contribution in [3.8, 4) is 0 Å². The summed E-state index contributed by atoms with van der Waals surface area (Å²) in [5.41, 5.74) is 1.10. The van der Waals surface area contributed by atoms with Crippen molar-refractivity contribution >= 4 is 11.9 Å². The molecule has 2 N–H and O–H groups in total. The predicted molar refractivity (Wildman–Crippen MR) is 102 cm³/mol. The molecule has 0 saturated carbocycles. The van der Waals surface area contributed by atoms with Gasteiger partial charge in [0.15, 0.2) is 0 Å². The van der Waals surface area contributed by atoms with E-state index in [9.17, 15) is 9.59 Å². The van der Waals surface area contributed by atoms with Crippen LogP contribution in [0.3, 0.4) is 0 Å². The third-order valence-electron chi connectivity index (χ3n) is 5.65. The number of nitrogens with zero attached hydrogens (tertiary/aromatic N) is 2. The molecule has 0 radical (unpaired) electrons. The molecule has 1 aromatic heterocycles. The van der Waals surface area contributed by atoms with Crippen molar-refractivity contribution in [3.05, 3.63) is 66.0 Å². The first-order valence-corrected chi connectivity index (χ1v) is 9.47. The van der Waals surface area contributed by atoms with E-state index in [0.29, 0.717) is 6.42 Å². The van der Waals surface area contributed by atoms with E-state index in [-0.39, 0.29) is 24.4 Å². The predicted octanol–water partition coefficient (Wildman–Crippen LogP) is 2.11.